The molecular weight excluding hydrogens is 638 g/mol. The average molecular weight is 673 g/mol. The highest BCUT2D eigenvalue weighted by atomic mass is 127. The minimum Gasteiger partial charge on any atom is -0.395 e. The van der Waals surface area contributed by atoms with Gasteiger partial charge in [-0.25, -0.2) is 0 Å². The van der Waals surface area contributed by atoms with Crippen molar-refractivity contribution in [3.8, 4) is 0 Å². The summed E-state index contributed by atoms with van der Waals surface area (Å²) in [6.45, 7) is 5.46. The average Bonchev–Trinajstić information content (AvgIpc) is 3.35. The molecule has 2 amide bonds. The molecule has 5 rings (SSSR count). The van der Waals surface area contributed by atoms with Crippen LogP contribution in [0.25, 0.3) is 0 Å². The highest BCUT2D eigenvalue weighted by molar-refractivity contribution is 14.1. The number of benzene rings is 3. The number of hydrogen-bond acceptors (Lipinski definition) is 4. The van der Waals surface area contributed by atoms with E-state index in [4.69, 9.17) is 4.74 Å². The number of anilines is 2. The third-order valence-electron chi connectivity index (χ3n) is 8.16. The van der Waals surface area contributed by atoms with Crippen LogP contribution in [0, 0.1) is 9.49 Å². The first kappa shape index (κ1) is 28.9. The first-order chi connectivity index (χ1) is 19.1. The van der Waals surface area contributed by atoms with Crippen LogP contribution < -0.4 is 4.90 Å². The normalized spacial score (nSPS) is 24.0. The van der Waals surface area contributed by atoms with E-state index in [-0.39, 0.29) is 31.4 Å². The van der Waals surface area contributed by atoms with Gasteiger partial charge in [0, 0.05) is 39.4 Å². The molecule has 2 aliphatic rings. The van der Waals surface area contributed by atoms with Gasteiger partial charge in [-0.15, -0.1) is 0 Å². The summed E-state index contributed by atoms with van der Waals surface area (Å²) in [5.74, 6) is -0.975. The monoisotopic (exact) mass is 672 g/mol. The third kappa shape index (κ3) is 5.13. The Balaban J connectivity index is 1.53. The molecular formula is C31H34FIN2O4Si. The molecule has 2 heterocycles. The zero-order valence-electron chi connectivity index (χ0n) is 22.9. The summed E-state index contributed by atoms with van der Waals surface area (Å²) in [5, 5.41) is 9.69. The molecule has 0 aliphatic carbocycles. The van der Waals surface area contributed by atoms with Gasteiger partial charge < -0.3 is 18.9 Å². The molecule has 3 aromatic carbocycles. The van der Waals surface area contributed by atoms with E-state index in [0.29, 0.717) is 12.2 Å². The predicted molar refractivity (Wildman–Crippen MR) is 164 cm³/mol. The summed E-state index contributed by atoms with van der Waals surface area (Å²) in [5.41, 5.74) is 1.10. The Bertz CT molecular complexity index is 1390. The van der Waals surface area contributed by atoms with E-state index in [9.17, 15) is 14.7 Å². The standard InChI is InChI=1S/C31H34FIN2O4Si/c1-21-29(40(2,3)32)27(19-28(37)34(16-17-36)20-22-10-6-4-7-11-22)39-31(21)25-18-23(33)14-15-26(25)35(30(31)38)24-12-8-5-9-13-24/h4-15,18,21,27,29,36H,16-17,19-20H2,1-3H3/t21-,27+,29-,31+/m0/s1. The summed E-state index contributed by atoms with van der Waals surface area (Å²) >= 11 is 2.22. The van der Waals surface area contributed by atoms with Gasteiger partial charge in [-0.2, -0.15) is 0 Å². The van der Waals surface area contributed by atoms with Crippen LogP contribution in [0.15, 0.2) is 78.9 Å². The van der Waals surface area contributed by atoms with Gasteiger partial charge in [0.25, 0.3) is 5.91 Å². The number of amides is 2. The minimum atomic E-state index is -3.42. The lowest BCUT2D eigenvalue weighted by atomic mass is 9.82. The molecule has 0 saturated carbocycles. The molecule has 40 heavy (non-hydrogen) atoms. The fraction of sp³-hybridized carbons (Fsp3) is 0.355. The zero-order valence-corrected chi connectivity index (χ0v) is 26.0. The quantitative estimate of drug-likeness (QED) is 0.177. The largest absolute Gasteiger partial charge is 0.395 e. The molecule has 6 nitrogen and oxygen atoms in total. The number of nitrogens with zero attached hydrogens (tertiary/aromatic N) is 2. The molecule has 9 heteroatoms. The van der Waals surface area contributed by atoms with Gasteiger partial charge in [-0.05, 0) is 71.6 Å². The van der Waals surface area contributed by atoms with Gasteiger partial charge >= 0.3 is 0 Å². The zero-order chi connectivity index (χ0) is 28.7. The first-order valence-corrected chi connectivity index (χ1v) is 17.6. The Labute approximate surface area is 249 Å². The molecule has 4 atom stereocenters. The molecule has 2 aliphatic heterocycles. The number of aliphatic hydroxyl groups is 1. The molecule has 1 saturated heterocycles. The van der Waals surface area contributed by atoms with Crippen molar-refractivity contribution in [1.29, 1.82) is 0 Å². The van der Waals surface area contributed by atoms with Gasteiger partial charge in [0.1, 0.15) is 0 Å². The van der Waals surface area contributed by atoms with Crippen LogP contribution in [-0.2, 0) is 26.5 Å². The van der Waals surface area contributed by atoms with E-state index in [2.05, 4.69) is 22.6 Å². The van der Waals surface area contributed by atoms with Crippen LogP contribution in [0.2, 0.25) is 18.6 Å². The van der Waals surface area contributed by atoms with E-state index >= 15 is 4.11 Å². The van der Waals surface area contributed by atoms with Crippen molar-refractivity contribution in [2.24, 2.45) is 5.92 Å². The van der Waals surface area contributed by atoms with Crippen LogP contribution in [0.5, 0.6) is 0 Å². The van der Waals surface area contributed by atoms with Crippen molar-refractivity contribution >= 4 is 54.2 Å². The number of aliphatic hydroxyl groups excluding tert-OH is 1. The van der Waals surface area contributed by atoms with Gasteiger partial charge in [0.05, 0.1) is 24.8 Å². The highest BCUT2D eigenvalue weighted by Crippen LogP contribution is 2.61. The highest BCUT2D eigenvalue weighted by Gasteiger charge is 2.67. The maximum absolute atomic E-state index is 16.1. The van der Waals surface area contributed by atoms with Crippen molar-refractivity contribution in [3.63, 3.8) is 0 Å². The number of halogens is 2. The summed E-state index contributed by atoms with van der Waals surface area (Å²) < 4.78 is 23.8. The maximum atomic E-state index is 16.1. The molecule has 0 aromatic heterocycles. The summed E-state index contributed by atoms with van der Waals surface area (Å²) in [4.78, 5) is 31.4. The van der Waals surface area contributed by atoms with Crippen molar-refractivity contribution in [3.05, 3.63) is 93.6 Å². The predicted octanol–water partition coefficient (Wildman–Crippen LogP) is 6.16. The number of fused-ring (bicyclic) bond motifs is 2. The summed E-state index contributed by atoms with van der Waals surface area (Å²) in [7, 11) is -3.42. The molecule has 210 valence electrons. The van der Waals surface area contributed by atoms with E-state index < -0.39 is 31.6 Å². The van der Waals surface area contributed by atoms with Crippen molar-refractivity contribution in [2.45, 2.75) is 50.2 Å². The van der Waals surface area contributed by atoms with Crippen molar-refractivity contribution < 1.29 is 23.5 Å². The molecule has 1 spiro atoms. The molecule has 3 aromatic rings. The van der Waals surface area contributed by atoms with Crippen LogP contribution in [0.4, 0.5) is 15.5 Å². The minimum absolute atomic E-state index is 0.0676. The Hall–Kier alpha value is -2.60. The van der Waals surface area contributed by atoms with E-state index in [1.165, 1.54) is 0 Å². The number of para-hydroxylation sites is 1. The van der Waals surface area contributed by atoms with E-state index in [0.717, 1.165) is 20.4 Å². The number of rotatable bonds is 8. The fourth-order valence-corrected chi connectivity index (χ4v) is 9.48. The first-order valence-electron chi connectivity index (χ1n) is 13.6. The second-order valence-corrected chi connectivity index (χ2v) is 16.2. The Morgan fingerprint density at radius 3 is 2.38 bits per heavy atom. The lowest BCUT2D eigenvalue weighted by Crippen LogP contribution is -2.44. The topological polar surface area (TPSA) is 70.1 Å². The van der Waals surface area contributed by atoms with Gasteiger partial charge in [0.15, 0.2) is 5.60 Å². The van der Waals surface area contributed by atoms with Crippen LogP contribution in [-0.4, -0.2) is 49.5 Å². The molecule has 1 N–H and O–H groups in total. The SMILES string of the molecule is C[C@H]1[C@H]([Si](C)(C)F)[C@@H](CC(=O)N(CCO)Cc2ccccc2)O[C@]12C(=O)N(c1ccccc1)c1ccc(I)cc12. The molecule has 0 radical (unpaired) electrons. The Morgan fingerprint density at radius 2 is 1.75 bits per heavy atom. The lowest BCUT2D eigenvalue weighted by Gasteiger charge is -2.31. The van der Waals surface area contributed by atoms with Crippen LogP contribution in [0.1, 0.15) is 24.5 Å². The van der Waals surface area contributed by atoms with Crippen LogP contribution >= 0.6 is 22.6 Å². The summed E-state index contributed by atoms with van der Waals surface area (Å²) in [6, 6.07) is 24.8. The smallest absolute Gasteiger partial charge is 0.268 e. The maximum Gasteiger partial charge on any atom is 0.268 e. The molecule has 1 fully saturated rings. The van der Waals surface area contributed by atoms with Gasteiger partial charge in [0.2, 0.25) is 14.3 Å². The fourth-order valence-electron chi connectivity index (χ4n) is 6.50. The number of hydrogen-bond donors (Lipinski definition) is 1. The summed E-state index contributed by atoms with van der Waals surface area (Å²) in [6.07, 6.45) is -0.849. The number of ether oxygens (including phenoxy) is 1. The molecule has 0 unspecified atom stereocenters. The third-order valence-corrected chi connectivity index (χ3v) is 11.3. The molecule has 0 bridgehead atoms. The second kappa shape index (κ2) is 11.3. The van der Waals surface area contributed by atoms with Crippen LogP contribution in [0.3, 0.4) is 0 Å². The van der Waals surface area contributed by atoms with Gasteiger partial charge in [-0.1, -0.05) is 55.5 Å². The second-order valence-electron chi connectivity index (χ2n) is 11.1. The van der Waals surface area contributed by atoms with Crippen molar-refractivity contribution in [1.82, 2.24) is 4.90 Å². The lowest BCUT2D eigenvalue weighted by molar-refractivity contribution is -0.149. The van der Waals surface area contributed by atoms with Crippen molar-refractivity contribution in [2.75, 3.05) is 18.1 Å². The Morgan fingerprint density at radius 1 is 1.10 bits per heavy atom. The number of carbonyl (C=O) groups is 2. The Kier molecular flexibility index (Phi) is 8.20. The van der Waals surface area contributed by atoms with E-state index in [1.807, 2.05) is 85.8 Å². The van der Waals surface area contributed by atoms with E-state index in [1.54, 1.807) is 22.9 Å². The number of carbonyl (C=O) groups excluding carboxylic acids is 2. The van der Waals surface area contributed by atoms with Gasteiger partial charge in [-0.3, -0.25) is 14.5 Å².